The lowest BCUT2D eigenvalue weighted by atomic mass is 9.95. The highest BCUT2D eigenvalue weighted by molar-refractivity contribution is 5.94. The van der Waals surface area contributed by atoms with E-state index < -0.39 is 5.82 Å². The van der Waals surface area contributed by atoms with Crippen LogP contribution in [0, 0.1) is 29.5 Å². The highest BCUT2D eigenvalue weighted by Gasteiger charge is 2.28. The fourth-order valence-corrected chi connectivity index (χ4v) is 2.59. The van der Waals surface area contributed by atoms with E-state index in [1.54, 1.807) is 12.1 Å². The van der Waals surface area contributed by atoms with Crippen LogP contribution in [0.5, 0.6) is 0 Å². The number of amides is 1. The molecule has 1 atom stereocenters. The average Bonchev–Trinajstić information content (AvgIpc) is 2.95. The van der Waals surface area contributed by atoms with E-state index in [1.807, 2.05) is 4.90 Å². The quantitative estimate of drug-likeness (QED) is 0.849. The summed E-state index contributed by atoms with van der Waals surface area (Å²) < 4.78 is 13.9. The molecule has 0 saturated carbocycles. The van der Waals surface area contributed by atoms with Gasteiger partial charge < -0.3 is 10.6 Å². The number of rotatable bonds is 2. The van der Waals surface area contributed by atoms with Crippen LogP contribution < -0.4 is 5.73 Å². The largest absolute Gasteiger partial charge is 0.338 e. The van der Waals surface area contributed by atoms with E-state index in [4.69, 9.17) is 5.73 Å². The summed E-state index contributed by atoms with van der Waals surface area (Å²) in [4.78, 5) is 14.2. The van der Waals surface area contributed by atoms with Gasteiger partial charge in [-0.3, -0.25) is 4.79 Å². The van der Waals surface area contributed by atoms with Crippen molar-refractivity contribution in [2.24, 2.45) is 17.6 Å². The molecule has 1 aliphatic heterocycles. The number of nitrogens with two attached hydrogens (primary N) is 1. The van der Waals surface area contributed by atoms with Crippen molar-refractivity contribution in [2.75, 3.05) is 19.6 Å². The number of carbonyl (C=O) groups is 1. The van der Waals surface area contributed by atoms with Crippen molar-refractivity contribution in [2.45, 2.75) is 20.3 Å². The molecule has 0 aromatic heterocycles. The van der Waals surface area contributed by atoms with Crippen molar-refractivity contribution in [1.29, 1.82) is 0 Å². The van der Waals surface area contributed by atoms with Gasteiger partial charge in [-0.15, -0.1) is 0 Å². The van der Waals surface area contributed by atoms with E-state index in [2.05, 4.69) is 25.7 Å². The molecule has 1 unspecified atom stereocenters. The minimum Gasteiger partial charge on any atom is -0.338 e. The Bertz CT molecular complexity index is 586. The van der Waals surface area contributed by atoms with Crippen molar-refractivity contribution in [3.63, 3.8) is 0 Å². The maximum absolute atomic E-state index is 13.9. The molecule has 1 aromatic rings. The number of hydrogen-bond donors (Lipinski definition) is 1. The second-order valence-electron chi connectivity index (χ2n) is 5.74. The average molecular weight is 288 g/mol. The molecule has 0 aliphatic carbocycles. The highest BCUT2D eigenvalue weighted by atomic mass is 19.1. The molecular formula is C17H21FN2O. The summed E-state index contributed by atoms with van der Waals surface area (Å²) in [6, 6.07) is 4.45. The first-order valence-corrected chi connectivity index (χ1v) is 7.30. The molecule has 2 N–H and O–H groups in total. The Morgan fingerprint density at radius 2 is 2.29 bits per heavy atom. The van der Waals surface area contributed by atoms with Crippen molar-refractivity contribution < 1.29 is 9.18 Å². The zero-order valence-corrected chi connectivity index (χ0v) is 12.5. The van der Waals surface area contributed by atoms with Crippen LogP contribution in [0.15, 0.2) is 18.2 Å². The van der Waals surface area contributed by atoms with Crippen molar-refractivity contribution in [3.05, 3.63) is 35.1 Å². The van der Waals surface area contributed by atoms with Crippen LogP contribution >= 0.6 is 0 Å². The number of benzene rings is 1. The Morgan fingerprint density at radius 3 is 2.86 bits per heavy atom. The van der Waals surface area contributed by atoms with Gasteiger partial charge in [0.05, 0.1) is 12.1 Å². The molecule has 3 nitrogen and oxygen atoms in total. The van der Waals surface area contributed by atoms with Gasteiger partial charge in [0, 0.05) is 18.7 Å². The second-order valence-corrected chi connectivity index (χ2v) is 5.74. The van der Waals surface area contributed by atoms with Gasteiger partial charge >= 0.3 is 0 Å². The van der Waals surface area contributed by atoms with Gasteiger partial charge in [0.1, 0.15) is 5.82 Å². The minimum absolute atomic E-state index is 0.101. The molecule has 2 rings (SSSR count). The lowest BCUT2D eigenvalue weighted by molar-refractivity contribution is 0.0783. The topological polar surface area (TPSA) is 46.3 Å². The molecule has 1 heterocycles. The van der Waals surface area contributed by atoms with E-state index in [0.29, 0.717) is 17.4 Å². The van der Waals surface area contributed by atoms with Crippen LogP contribution in [-0.2, 0) is 0 Å². The van der Waals surface area contributed by atoms with Gasteiger partial charge in [-0.1, -0.05) is 25.7 Å². The summed E-state index contributed by atoms with van der Waals surface area (Å²) in [7, 11) is 0. The molecule has 0 radical (unpaired) electrons. The lowest BCUT2D eigenvalue weighted by Gasteiger charge is -2.18. The van der Waals surface area contributed by atoms with Crippen molar-refractivity contribution >= 4 is 5.91 Å². The van der Waals surface area contributed by atoms with Gasteiger partial charge in [0.2, 0.25) is 0 Å². The first kappa shape index (κ1) is 15.5. The van der Waals surface area contributed by atoms with E-state index >= 15 is 0 Å². The molecule has 1 saturated heterocycles. The Kier molecular flexibility index (Phi) is 4.98. The standard InChI is InChI=1S/C17H21FN2O/c1-12(2)15-7-9-20(11-15)17(21)14-6-5-13(4-3-8-19)16(18)10-14/h5-6,10,12,15H,7-9,11,19H2,1-2H3. The number of likely N-dealkylation sites (tertiary alicyclic amines) is 1. The SMILES string of the molecule is CC(C)C1CCN(C(=O)c2ccc(C#CCN)c(F)c2)C1. The number of hydrogen-bond acceptors (Lipinski definition) is 2. The minimum atomic E-state index is -0.471. The zero-order valence-electron chi connectivity index (χ0n) is 12.5. The second kappa shape index (κ2) is 6.73. The molecule has 112 valence electrons. The smallest absolute Gasteiger partial charge is 0.253 e. The first-order valence-electron chi connectivity index (χ1n) is 7.30. The Balaban J connectivity index is 2.12. The molecule has 1 aromatic carbocycles. The predicted molar refractivity (Wildman–Crippen MR) is 81.2 cm³/mol. The molecule has 0 bridgehead atoms. The fourth-order valence-electron chi connectivity index (χ4n) is 2.59. The molecule has 0 spiro atoms. The van der Waals surface area contributed by atoms with E-state index in [1.165, 1.54) is 6.07 Å². The number of halogens is 1. The third-order valence-corrected chi connectivity index (χ3v) is 4.00. The first-order chi connectivity index (χ1) is 10.0. The monoisotopic (exact) mass is 288 g/mol. The molecule has 4 heteroatoms. The van der Waals surface area contributed by atoms with Crippen LogP contribution in [0.3, 0.4) is 0 Å². The third-order valence-electron chi connectivity index (χ3n) is 4.00. The van der Waals surface area contributed by atoms with E-state index in [9.17, 15) is 9.18 Å². The third kappa shape index (κ3) is 3.62. The van der Waals surface area contributed by atoms with Gasteiger partial charge in [-0.05, 0) is 36.5 Å². The summed E-state index contributed by atoms with van der Waals surface area (Å²) >= 11 is 0. The fraction of sp³-hybridized carbons (Fsp3) is 0.471. The Hall–Kier alpha value is -1.86. The summed E-state index contributed by atoms with van der Waals surface area (Å²) in [5, 5.41) is 0. The van der Waals surface area contributed by atoms with Gasteiger partial charge in [0.15, 0.2) is 0 Å². The molecule has 1 amide bonds. The maximum Gasteiger partial charge on any atom is 0.253 e. The lowest BCUT2D eigenvalue weighted by Crippen LogP contribution is -2.29. The number of nitrogens with zero attached hydrogens (tertiary/aromatic N) is 1. The maximum atomic E-state index is 13.9. The van der Waals surface area contributed by atoms with E-state index in [0.717, 1.165) is 19.5 Å². The Morgan fingerprint density at radius 1 is 1.52 bits per heavy atom. The molecule has 21 heavy (non-hydrogen) atoms. The predicted octanol–water partition coefficient (Wildman–Crippen LogP) is 2.25. The molecule has 1 fully saturated rings. The normalized spacial score (nSPS) is 17.8. The van der Waals surface area contributed by atoms with Gasteiger partial charge in [0.25, 0.3) is 5.91 Å². The summed E-state index contributed by atoms with van der Waals surface area (Å²) in [6.07, 6.45) is 1.02. The van der Waals surface area contributed by atoms with E-state index in [-0.39, 0.29) is 18.0 Å². The molecular weight excluding hydrogens is 267 g/mol. The zero-order chi connectivity index (χ0) is 15.4. The van der Waals surface area contributed by atoms with Crippen LogP contribution in [0.1, 0.15) is 36.2 Å². The van der Waals surface area contributed by atoms with Crippen LogP contribution in [0.2, 0.25) is 0 Å². The van der Waals surface area contributed by atoms with Gasteiger partial charge in [-0.25, -0.2) is 4.39 Å². The summed E-state index contributed by atoms with van der Waals surface area (Å²) in [5.41, 5.74) is 5.93. The van der Waals surface area contributed by atoms with Gasteiger partial charge in [-0.2, -0.15) is 0 Å². The Labute approximate surface area is 125 Å². The molecule has 1 aliphatic rings. The van der Waals surface area contributed by atoms with Crippen LogP contribution in [0.4, 0.5) is 4.39 Å². The highest BCUT2D eigenvalue weighted by Crippen LogP contribution is 2.25. The summed E-state index contributed by atoms with van der Waals surface area (Å²) in [6.45, 7) is 6.03. The van der Waals surface area contributed by atoms with Crippen molar-refractivity contribution in [1.82, 2.24) is 4.90 Å². The van der Waals surface area contributed by atoms with Crippen LogP contribution in [0.25, 0.3) is 0 Å². The summed E-state index contributed by atoms with van der Waals surface area (Å²) in [5.74, 6) is 5.79. The van der Waals surface area contributed by atoms with Crippen LogP contribution in [-0.4, -0.2) is 30.4 Å². The van der Waals surface area contributed by atoms with Crippen molar-refractivity contribution in [3.8, 4) is 11.8 Å². The number of carbonyl (C=O) groups excluding carboxylic acids is 1.